The van der Waals surface area contributed by atoms with E-state index in [9.17, 15) is 0 Å². The maximum absolute atomic E-state index is 3.33. The molecule has 1 nitrogen and oxygen atoms in total. The van der Waals surface area contributed by atoms with Gasteiger partial charge in [0.15, 0.2) is 0 Å². The summed E-state index contributed by atoms with van der Waals surface area (Å²) in [7, 11) is 0. The van der Waals surface area contributed by atoms with Gasteiger partial charge in [0.1, 0.15) is 0 Å². The Morgan fingerprint density at radius 2 is 1.92 bits per heavy atom. The lowest BCUT2D eigenvalue weighted by Gasteiger charge is -2.06. The molecule has 0 atom stereocenters. The fourth-order valence-electron chi connectivity index (χ4n) is 1.00. The van der Waals surface area contributed by atoms with E-state index in [4.69, 9.17) is 0 Å². The highest BCUT2D eigenvalue weighted by atomic mass is 79.9. The largest absolute Gasteiger partial charge is 0.375 e. The van der Waals surface area contributed by atoms with E-state index >= 15 is 0 Å². The van der Waals surface area contributed by atoms with E-state index in [1.807, 2.05) is 11.8 Å². The van der Waals surface area contributed by atoms with Crippen molar-refractivity contribution < 1.29 is 0 Å². The minimum Gasteiger partial charge on any atom is -0.375 e. The second-order valence-corrected chi connectivity index (χ2v) is 5.21. The molecule has 0 fully saturated rings. The van der Waals surface area contributed by atoms with Crippen molar-refractivity contribution in [1.82, 2.24) is 0 Å². The first-order valence-corrected chi connectivity index (χ1v) is 6.29. The van der Waals surface area contributed by atoms with Crippen LogP contribution in [0.1, 0.15) is 13.8 Å². The molecule has 1 rings (SSSR count). The van der Waals surface area contributed by atoms with Gasteiger partial charge in [-0.3, -0.25) is 0 Å². The zero-order chi connectivity index (χ0) is 9.68. The monoisotopic (exact) mass is 259 g/mol. The SMILES string of the molecule is CC(C)Sc1ccc(NCBr)cc1. The maximum Gasteiger partial charge on any atom is 0.0707 e. The summed E-state index contributed by atoms with van der Waals surface area (Å²) in [5.74, 6) is 0. The van der Waals surface area contributed by atoms with Gasteiger partial charge in [-0.1, -0.05) is 29.8 Å². The van der Waals surface area contributed by atoms with E-state index in [0.29, 0.717) is 5.25 Å². The third kappa shape index (κ3) is 4.05. The standard InChI is InChI=1S/C10H14BrNS/c1-8(2)13-10-5-3-9(4-6-10)12-7-11/h3-6,8,12H,7H2,1-2H3. The van der Waals surface area contributed by atoms with Gasteiger partial charge in [-0.2, -0.15) is 0 Å². The summed E-state index contributed by atoms with van der Waals surface area (Å²) >= 11 is 5.21. The van der Waals surface area contributed by atoms with Crippen molar-refractivity contribution >= 4 is 33.4 Å². The minimum atomic E-state index is 0.648. The highest BCUT2D eigenvalue weighted by Crippen LogP contribution is 2.24. The van der Waals surface area contributed by atoms with Crippen LogP contribution in [0, 0.1) is 0 Å². The first kappa shape index (κ1) is 10.9. The molecule has 0 heterocycles. The Balaban J connectivity index is 2.59. The summed E-state index contributed by atoms with van der Waals surface area (Å²) in [6, 6.07) is 8.50. The number of hydrogen-bond donors (Lipinski definition) is 1. The molecule has 0 bridgehead atoms. The van der Waals surface area contributed by atoms with Gasteiger partial charge in [-0.15, -0.1) is 11.8 Å². The number of thioether (sulfide) groups is 1. The normalized spacial score (nSPS) is 10.5. The van der Waals surface area contributed by atoms with E-state index in [0.717, 1.165) is 11.1 Å². The van der Waals surface area contributed by atoms with Gasteiger partial charge in [-0.25, -0.2) is 0 Å². The molecule has 0 spiro atoms. The van der Waals surface area contributed by atoms with Gasteiger partial charge >= 0.3 is 0 Å². The van der Waals surface area contributed by atoms with Crippen molar-refractivity contribution in [2.75, 3.05) is 10.8 Å². The highest BCUT2D eigenvalue weighted by molar-refractivity contribution is 9.09. The zero-order valence-electron chi connectivity index (χ0n) is 7.88. The quantitative estimate of drug-likeness (QED) is 0.499. The van der Waals surface area contributed by atoms with E-state index < -0.39 is 0 Å². The number of benzene rings is 1. The number of halogens is 1. The van der Waals surface area contributed by atoms with Crippen LogP contribution in [0.5, 0.6) is 0 Å². The molecule has 0 saturated carbocycles. The Morgan fingerprint density at radius 1 is 1.31 bits per heavy atom. The van der Waals surface area contributed by atoms with Crippen molar-refractivity contribution in [1.29, 1.82) is 0 Å². The topological polar surface area (TPSA) is 12.0 Å². The highest BCUT2D eigenvalue weighted by Gasteiger charge is 1.97. The van der Waals surface area contributed by atoms with Crippen LogP contribution in [0.2, 0.25) is 0 Å². The number of rotatable bonds is 4. The van der Waals surface area contributed by atoms with E-state index in [-0.39, 0.29) is 0 Å². The lowest BCUT2D eigenvalue weighted by Crippen LogP contribution is -1.93. The summed E-state index contributed by atoms with van der Waals surface area (Å²) in [6.07, 6.45) is 0. The van der Waals surface area contributed by atoms with Crippen molar-refractivity contribution in [3.63, 3.8) is 0 Å². The van der Waals surface area contributed by atoms with Gasteiger partial charge in [0, 0.05) is 15.8 Å². The summed E-state index contributed by atoms with van der Waals surface area (Å²) in [5.41, 5.74) is 1.95. The molecule has 0 aliphatic heterocycles. The molecule has 0 unspecified atom stereocenters. The van der Waals surface area contributed by atoms with Crippen LogP contribution in [0.4, 0.5) is 5.69 Å². The van der Waals surface area contributed by atoms with Gasteiger partial charge in [0.25, 0.3) is 0 Å². The third-order valence-corrected chi connectivity index (χ3v) is 2.79. The van der Waals surface area contributed by atoms with Crippen LogP contribution in [-0.2, 0) is 0 Å². The third-order valence-electron chi connectivity index (χ3n) is 1.50. The fraction of sp³-hybridized carbons (Fsp3) is 0.400. The molecule has 72 valence electrons. The lowest BCUT2D eigenvalue weighted by molar-refractivity contribution is 1.11. The van der Waals surface area contributed by atoms with Crippen LogP contribution < -0.4 is 5.32 Å². The zero-order valence-corrected chi connectivity index (χ0v) is 10.3. The fourth-order valence-corrected chi connectivity index (χ4v) is 2.16. The molecule has 0 amide bonds. The van der Waals surface area contributed by atoms with Crippen LogP contribution in [0.3, 0.4) is 0 Å². The van der Waals surface area contributed by atoms with Gasteiger partial charge in [-0.05, 0) is 24.3 Å². The summed E-state index contributed by atoms with van der Waals surface area (Å²) in [4.78, 5) is 1.33. The number of anilines is 1. The van der Waals surface area contributed by atoms with Crippen LogP contribution in [0.25, 0.3) is 0 Å². The Morgan fingerprint density at radius 3 is 2.38 bits per heavy atom. The number of hydrogen-bond acceptors (Lipinski definition) is 2. The first-order valence-electron chi connectivity index (χ1n) is 4.29. The second-order valence-electron chi connectivity index (χ2n) is 3.00. The molecular weight excluding hydrogens is 246 g/mol. The Kier molecular flexibility index (Phi) is 4.67. The van der Waals surface area contributed by atoms with Gasteiger partial charge in [0.2, 0.25) is 0 Å². The van der Waals surface area contributed by atoms with E-state index in [1.54, 1.807) is 0 Å². The predicted octanol–water partition coefficient (Wildman–Crippen LogP) is 3.95. The molecule has 1 aromatic rings. The average Bonchev–Trinajstić information content (AvgIpc) is 2.08. The van der Waals surface area contributed by atoms with Crippen LogP contribution >= 0.6 is 27.7 Å². The average molecular weight is 260 g/mol. The van der Waals surface area contributed by atoms with E-state index in [2.05, 4.69) is 59.4 Å². The van der Waals surface area contributed by atoms with Crippen molar-refractivity contribution in [3.05, 3.63) is 24.3 Å². The molecule has 13 heavy (non-hydrogen) atoms. The first-order chi connectivity index (χ1) is 6.22. The summed E-state index contributed by atoms with van der Waals surface area (Å²) in [5, 5.41) is 3.84. The maximum atomic E-state index is 3.33. The number of nitrogens with one attached hydrogen (secondary N) is 1. The smallest absolute Gasteiger partial charge is 0.0707 e. The van der Waals surface area contributed by atoms with Gasteiger partial charge < -0.3 is 5.32 Å². The molecular formula is C10H14BrNS. The van der Waals surface area contributed by atoms with Gasteiger partial charge in [0.05, 0.1) is 5.45 Å². The van der Waals surface area contributed by atoms with Crippen molar-refractivity contribution in [3.8, 4) is 0 Å². The molecule has 0 aliphatic rings. The molecule has 3 heteroatoms. The van der Waals surface area contributed by atoms with Crippen LogP contribution in [-0.4, -0.2) is 10.7 Å². The van der Waals surface area contributed by atoms with Crippen molar-refractivity contribution in [2.45, 2.75) is 24.0 Å². The predicted molar refractivity (Wildman–Crippen MR) is 64.9 cm³/mol. The molecule has 0 aromatic heterocycles. The molecule has 0 saturated heterocycles. The molecule has 1 aromatic carbocycles. The molecule has 0 radical (unpaired) electrons. The number of alkyl halides is 1. The van der Waals surface area contributed by atoms with Crippen molar-refractivity contribution in [2.24, 2.45) is 0 Å². The molecule has 1 N–H and O–H groups in total. The Bertz CT molecular complexity index is 246. The summed E-state index contributed by atoms with van der Waals surface area (Å²) in [6.45, 7) is 4.41. The lowest BCUT2D eigenvalue weighted by atomic mass is 10.3. The van der Waals surface area contributed by atoms with Crippen LogP contribution in [0.15, 0.2) is 29.2 Å². The summed E-state index contributed by atoms with van der Waals surface area (Å²) < 4.78 is 0. The molecule has 0 aliphatic carbocycles. The Hall–Kier alpha value is -0.150. The van der Waals surface area contributed by atoms with E-state index in [1.165, 1.54) is 4.90 Å². The Labute approximate surface area is 92.4 Å². The minimum absolute atomic E-state index is 0.648. The second kappa shape index (κ2) is 5.55.